The summed E-state index contributed by atoms with van der Waals surface area (Å²) in [6.45, 7) is 2.45. The molecule has 0 radical (unpaired) electrons. The van der Waals surface area contributed by atoms with Gasteiger partial charge in [-0.2, -0.15) is 0 Å². The molecule has 1 aromatic heterocycles. The highest BCUT2D eigenvalue weighted by Gasteiger charge is 2.24. The molecule has 2 aliphatic rings. The first-order valence-corrected chi connectivity index (χ1v) is 8.07. The van der Waals surface area contributed by atoms with Gasteiger partial charge in [-0.05, 0) is 50.9 Å². The zero-order valence-corrected chi connectivity index (χ0v) is 12.2. The van der Waals surface area contributed by atoms with E-state index in [2.05, 4.69) is 14.9 Å². The molecule has 1 unspecified atom stereocenters. The van der Waals surface area contributed by atoms with E-state index >= 15 is 0 Å². The summed E-state index contributed by atoms with van der Waals surface area (Å²) in [6.07, 6.45) is 11.2. The van der Waals surface area contributed by atoms with E-state index in [0.717, 1.165) is 32.4 Å². The molecule has 110 valence electrons. The summed E-state index contributed by atoms with van der Waals surface area (Å²) >= 11 is 0. The number of aliphatic hydroxyl groups excluding tert-OH is 1. The van der Waals surface area contributed by atoms with E-state index in [9.17, 15) is 0 Å². The predicted octanol–water partition coefficient (Wildman–Crippen LogP) is 2.34. The minimum Gasteiger partial charge on any atom is -0.396 e. The Morgan fingerprint density at radius 1 is 1.15 bits per heavy atom. The summed E-state index contributed by atoms with van der Waals surface area (Å²) < 4.78 is 0. The van der Waals surface area contributed by atoms with Crippen molar-refractivity contribution in [1.29, 1.82) is 0 Å². The van der Waals surface area contributed by atoms with E-state index in [-0.39, 0.29) is 0 Å². The van der Waals surface area contributed by atoms with Gasteiger partial charge in [-0.1, -0.05) is 6.42 Å². The van der Waals surface area contributed by atoms with E-state index in [1.54, 1.807) is 6.33 Å². The third kappa shape index (κ3) is 2.95. The van der Waals surface area contributed by atoms with Crippen molar-refractivity contribution in [3.8, 4) is 0 Å². The van der Waals surface area contributed by atoms with Crippen LogP contribution in [0.1, 0.15) is 49.8 Å². The number of fused-ring (bicyclic) bond motifs is 1. The van der Waals surface area contributed by atoms with Crippen LogP contribution in [0.3, 0.4) is 0 Å². The molecule has 2 heterocycles. The van der Waals surface area contributed by atoms with E-state index in [4.69, 9.17) is 5.11 Å². The van der Waals surface area contributed by atoms with Gasteiger partial charge in [0.15, 0.2) is 0 Å². The molecule has 1 aliphatic heterocycles. The lowest BCUT2D eigenvalue weighted by atomic mass is 9.94. The molecule has 1 N–H and O–H groups in total. The molecule has 4 heteroatoms. The van der Waals surface area contributed by atoms with Crippen molar-refractivity contribution in [3.05, 3.63) is 17.6 Å². The Labute approximate surface area is 121 Å². The van der Waals surface area contributed by atoms with Gasteiger partial charge in [0, 0.05) is 31.0 Å². The molecular weight excluding hydrogens is 250 g/mol. The third-order valence-electron chi connectivity index (χ3n) is 4.71. The SMILES string of the molecule is OCCC1CCCN(c2ncnc3c2CCCCC3)C1. The van der Waals surface area contributed by atoms with Crippen LogP contribution in [0.4, 0.5) is 5.82 Å². The van der Waals surface area contributed by atoms with E-state index in [1.165, 1.54) is 49.2 Å². The average Bonchev–Trinajstić information content (AvgIpc) is 2.73. The molecule has 0 amide bonds. The standard InChI is InChI=1S/C16H25N3O/c20-10-8-13-5-4-9-19(11-13)16-14-6-2-1-3-7-15(14)17-12-18-16/h12-13,20H,1-11H2. The van der Waals surface area contributed by atoms with E-state index in [0.29, 0.717) is 12.5 Å². The molecule has 0 saturated carbocycles. The number of nitrogens with zero attached hydrogens (tertiary/aromatic N) is 3. The lowest BCUT2D eigenvalue weighted by molar-refractivity contribution is 0.244. The first-order valence-electron chi connectivity index (χ1n) is 8.07. The Morgan fingerprint density at radius 3 is 2.95 bits per heavy atom. The van der Waals surface area contributed by atoms with Crippen LogP contribution in [0, 0.1) is 5.92 Å². The van der Waals surface area contributed by atoms with Crippen molar-refractivity contribution in [1.82, 2.24) is 9.97 Å². The van der Waals surface area contributed by atoms with Gasteiger partial charge in [0.25, 0.3) is 0 Å². The monoisotopic (exact) mass is 275 g/mol. The van der Waals surface area contributed by atoms with Crippen molar-refractivity contribution in [2.24, 2.45) is 5.92 Å². The number of piperidine rings is 1. The van der Waals surface area contributed by atoms with Crippen LogP contribution >= 0.6 is 0 Å². The first-order chi connectivity index (χ1) is 9.88. The average molecular weight is 275 g/mol. The number of aromatic nitrogens is 2. The smallest absolute Gasteiger partial charge is 0.135 e. The molecule has 0 spiro atoms. The molecule has 20 heavy (non-hydrogen) atoms. The summed E-state index contributed by atoms with van der Waals surface area (Å²) in [7, 11) is 0. The molecule has 1 atom stereocenters. The highest BCUT2D eigenvalue weighted by atomic mass is 16.3. The van der Waals surface area contributed by atoms with Crippen molar-refractivity contribution in [3.63, 3.8) is 0 Å². The fourth-order valence-electron chi connectivity index (χ4n) is 3.63. The zero-order chi connectivity index (χ0) is 13.8. The van der Waals surface area contributed by atoms with E-state index < -0.39 is 0 Å². The summed E-state index contributed by atoms with van der Waals surface area (Å²) in [5.41, 5.74) is 2.67. The summed E-state index contributed by atoms with van der Waals surface area (Å²) in [5.74, 6) is 1.80. The summed E-state index contributed by atoms with van der Waals surface area (Å²) in [6, 6.07) is 0. The second-order valence-electron chi connectivity index (χ2n) is 6.15. The first kappa shape index (κ1) is 13.8. The number of rotatable bonds is 3. The summed E-state index contributed by atoms with van der Waals surface area (Å²) in [5, 5.41) is 9.16. The van der Waals surface area contributed by atoms with Gasteiger partial charge in [-0.15, -0.1) is 0 Å². The predicted molar refractivity (Wildman–Crippen MR) is 79.9 cm³/mol. The second-order valence-corrected chi connectivity index (χ2v) is 6.15. The highest BCUT2D eigenvalue weighted by molar-refractivity contribution is 5.49. The van der Waals surface area contributed by atoms with Crippen LogP contribution in [0.2, 0.25) is 0 Å². The Morgan fingerprint density at radius 2 is 2.05 bits per heavy atom. The maximum atomic E-state index is 9.16. The zero-order valence-electron chi connectivity index (χ0n) is 12.2. The number of hydrogen-bond acceptors (Lipinski definition) is 4. The maximum absolute atomic E-state index is 9.16. The quantitative estimate of drug-likeness (QED) is 0.860. The fourth-order valence-corrected chi connectivity index (χ4v) is 3.63. The van der Waals surface area contributed by atoms with Crippen LogP contribution in [-0.4, -0.2) is 34.8 Å². The lowest BCUT2D eigenvalue weighted by Gasteiger charge is -2.34. The largest absolute Gasteiger partial charge is 0.396 e. The Bertz CT molecular complexity index is 447. The van der Waals surface area contributed by atoms with E-state index in [1.807, 2.05) is 0 Å². The Kier molecular flexibility index (Phi) is 4.51. The van der Waals surface area contributed by atoms with Gasteiger partial charge in [-0.25, -0.2) is 9.97 Å². The van der Waals surface area contributed by atoms with Crippen molar-refractivity contribution >= 4 is 5.82 Å². The number of aryl methyl sites for hydroxylation is 1. The van der Waals surface area contributed by atoms with Crippen LogP contribution in [0.15, 0.2) is 6.33 Å². The fraction of sp³-hybridized carbons (Fsp3) is 0.750. The molecule has 0 aromatic carbocycles. The molecule has 1 aliphatic carbocycles. The molecule has 3 rings (SSSR count). The maximum Gasteiger partial charge on any atom is 0.135 e. The van der Waals surface area contributed by atoms with Crippen LogP contribution in [-0.2, 0) is 12.8 Å². The second kappa shape index (κ2) is 6.53. The van der Waals surface area contributed by atoms with Crippen molar-refractivity contribution in [2.45, 2.75) is 51.4 Å². The number of hydrogen-bond donors (Lipinski definition) is 1. The van der Waals surface area contributed by atoms with Gasteiger partial charge in [0.05, 0.1) is 0 Å². The minimum atomic E-state index is 0.306. The molecule has 0 bridgehead atoms. The molecule has 4 nitrogen and oxygen atoms in total. The van der Waals surface area contributed by atoms with Gasteiger partial charge in [0.2, 0.25) is 0 Å². The highest BCUT2D eigenvalue weighted by Crippen LogP contribution is 2.30. The normalized spacial score (nSPS) is 23.2. The summed E-state index contributed by atoms with van der Waals surface area (Å²) in [4.78, 5) is 11.6. The van der Waals surface area contributed by atoms with Crippen molar-refractivity contribution in [2.75, 3.05) is 24.6 Å². The number of aliphatic hydroxyl groups is 1. The Hall–Kier alpha value is -1.16. The topological polar surface area (TPSA) is 49.2 Å². The Balaban J connectivity index is 1.82. The third-order valence-corrected chi connectivity index (χ3v) is 4.71. The van der Waals surface area contributed by atoms with Gasteiger partial charge >= 0.3 is 0 Å². The van der Waals surface area contributed by atoms with Gasteiger partial charge in [0.1, 0.15) is 12.1 Å². The van der Waals surface area contributed by atoms with Gasteiger partial charge in [-0.3, -0.25) is 0 Å². The van der Waals surface area contributed by atoms with Crippen LogP contribution in [0.25, 0.3) is 0 Å². The number of anilines is 1. The van der Waals surface area contributed by atoms with Crippen molar-refractivity contribution < 1.29 is 5.11 Å². The molecule has 1 saturated heterocycles. The lowest BCUT2D eigenvalue weighted by Crippen LogP contribution is -2.37. The van der Waals surface area contributed by atoms with Crippen LogP contribution in [0.5, 0.6) is 0 Å². The van der Waals surface area contributed by atoms with Gasteiger partial charge < -0.3 is 10.0 Å². The molecule has 1 aromatic rings. The molecule has 1 fully saturated rings. The van der Waals surface area contributed by atoms with Crippen LogP contribution < -0.4 is 4.90 Å². The minimum absolute atomic E-state index is 0.306. The molecular formula is C16H25N3O.